The Balaban J connectivity index is 1.89. The van der Waals surface area contributed by atoms with Crippen molar-refractivity contribution < 1.29 is 18.0 Å². The van der Waals surface area contributed by atoms with Crippen molar-refractivity contribution in [2.45, 2.75) is 19.0 Å². The van der Waals surface area contributed by atoms with Gasteiger partial charge in [0.2, 0.25) is 17.7 Å². The number of nitrogens with zero attached hydrogens (tertiary/aromatic N) is 2. The van der Waals surface area contributed by atoms with Gasteiger partial charge in [-0.15, -0.1) is 5.10 Å². The van der Waals surface area contributed by atoms with Crippen LogP contribution < -0.4 is 5.32 Å². The zero-order chi connectivity index (χ0) is 15.5. The summed E-state index contributed by atoms with van der Waals surface area (Å²) in [6, 6.07) is 6.97. The molecule has 0 aliphatic rings. The van der Waals surface area contributed by atoms with Crippen molar-refractivity contribution >= 4 is 23.5 Å². The lowest BCUT2D eigenvalue weighted by molar-refractivity contribution is -0.144. The second-order valence-electron chi connectivity index (χ2n) is 4.18. The van der Waals surface area contributed by atoms with Crippen LogP contribution >= 0.6 is 11.6 Å². The van der Waals surface area contributed by atoms with Crippen molar-refractivity contribution in [2.75, 3.05) is 5.32 Å². The molecule has 0 bridgehead atoms. The molecule has 0 atom stereocenters. The molecular formula is C12H10ClF3N4O. The molecule has 21 heavy (non-hydrogen) atoms. The number of alkyl halides is 3. The number of hydrogen-bond acceptors (Lipinski definition) is 3. The Bertz CT molecular complexity index is 641. The van der Waals surface area contributed by atoms with Crippen LogP contribution in [0, 0.1) is 0 Å². The maximum atomic E-state index is 12.3. The number of aryl methyl sites for hydroxylation is 1. The molecular weight excluding hydrogens is 309 g/mol. The fraction of sp³-hybridized carbons (Fsp3) is 0.250. The van der Waals surface area contributed by atoms with E-state index in [0.717, 1.165) is 5.56 Å². The number of hydrogen-bond donors (Lipinski definition) is 2. The van der Waals surface area contributed by atoms with Crippen LogP contribution in [0.3, 0.4) is 0 Å². The van der Waals surface area contributed by atoms with Crippen LogP contribution in [0.2, 0.25) is 5.02 Å². The van der Waals surface area contributed by atoms with Crippen molar-refractivity contribution in [3.63, 3.8) is 0 Å². The van der Waals surface area contributed by atoms with Crippen molar-refractivity contribution in [1.29, 1.82) is 0 Å². The van der Waals surface area contributed by atoms with Gasteiger partial charge >= 0.3 is 6.18 Å². The van der Waals surface area contributed by atoms with Crippen LogP contribution in [-0.2, 0) is 17.4 Å². The third-order valence-corrected chi connectivity index (χ3v) is 2.77. The van der Waals surface area contributed by atoms with E-state index < -0.39 is 23.9 Å². The topological polar surface area (TPSA) is 70.7 Å². The minimum atomic E-state index is -4.63. The number of aromatic nitrogens is 3. The van der Waals surface area contributed by atoms with Gasteiger partial charge in [-0.2, -0.15) is 18.2 Å². The highest BCUT2D eigenvalue weighted by molar-refractivity contribution is 6.30. The van der Waals surface area contributed by atoms with E-state index in [9.17, 15) is 18.0 Å². The average molecular weight is 319 g/mol. The number of carbonyl (C=O) groups is 1. The highest BCUT2D eigenvalue weighted by Crippen LogP contribution is 2.26. The number of benzene rings is 1. The molecule has 0 aliphatic carbocycles. The lowest BCUT2D eigenvalue weighted by Crippen LogP contribution is -2.14. The maximum Gasteiger partial charge on any atom is 0.451 e. The molecule has 0 radical (unpaired) electrons. The van der Waals surface area contributed by atoms with E-state index in [0.29, 0.717) is 11.4 Å². The summed E-state index contributed by atoms with van der Waals surface area (Å²) in [4.78, 5) is 14.8. The first-order chi connectivity index (χ1) is 9.84. The summed E-state index contributed by atoms with van der Waals surface area (Å²) < 4.78 is 36.9. The molecule has 1 heterocycles. The van der Waals surface area contributed by atoms with E-state index in [1.165, 1.54) is 0 Å². The zero-order valence-electron chi connectivity index (χ0n) is 10.5. The summed E-state index contributed by atoms with van der Waals surface area (Å²) >= 11 is 5.80. The highest BCUT2D eigenvalue weighted by atomic mass is 35.5. The molecule has 9 heteroatoms. The molecule has 0 aliphatic heterocycles. The number of halogens is 4. The summed E-state index contributed by atoms with van der Waals surface area (Å²) in [6.07, 6.45) is -4.14. The van der Waals surface area contributed by atoms with Crippen LogP contribution in [-0.4, -0.2) is 21.1 Å². The summed E-state index contributed by atoms with van der Waals surface area (Å²) in [5, 5.41) is 7.74. The molecule has 2 rings (SSSR count). The first-order valence-electron chi connectivity index (χ1n) is 5.88. The zero-order valence-corrected chi connectivity index (χ0v) is 11.3. The molecule has 0 saturated carbocycles. The number of carbonyl (C=O) groups excluding carboxylic acids is 1. The van der Waals surface area contributed by atoms with Gasteiger partial charge in [-0.1, -0.05) is 23.7 Å². The molecule has 1 amide bonds. The number of rotatable bonds is 4. The van der Waals surface area contributed by atoms with E-state index in [1.54, 1.807) is 29.4 Å². The van der Waals surface area contributed by atoms with Crippen LogP contribution in [0.25, 0.3) is 0 Å². The van der Waals surface area contributed by atoms with E-state index >= 15 is 0 Å². The van der Waals surface area contributed by atoms with Gasteiger partial charge in [-0.25, -0.2) is 0 Å². The highest BCUT2D eigenvalue weighted by Gasteiger charge is 2.35. The minimum absolute atomic E-state index is 0.0796. The molecule has 112 valence electrons. The van der Waals surface area contributed by atoms with Gasteiger partial charge in [0.05, 0.1) is 0 Å². The standard InChI is InChI=1S/C12H10ClF3N4O/c13-8-3-1-2-7(6-8)4-5-9(21)17-11-18-10(19-20-11)12(14,15)16/h1-3,6H,4-5H2,(H2,17,18,19,20,21). The lowest BCUT2D eigenvalue weighted by atomic mass is 10.1. The Kier molecular flexibility index (Phi) is 4.46. The molecule has 1 aromatic heterocycles. The predicted octanol–water partition coefficient (Wildman–Crippen LogP) is 3.05. The number of amides is 1. The van der Waals surface area contributed by atoms with E-state index in [4.69, 9.17) is 11.6 Å². The quantitative estimate of drug-likeness (QED) is 0.910. The van der Waals surface area contributed by atoms with Crippen LogP contribution in [0.1, 0.15) is 17.8 Å². The van der Waals surface area contributed by atoms with Gasteiger partial charge in [0.1, 0.15) is 0 Å². The van der Waals surface area contributed by atoms with E-state index in [1.807, 2.05) is 0 Å². The fourth-order valence-electron chi connectivity index (χ4n) is 1.58. The first-order valence-corrected chi connectivity index (χ1v) is 6.26. The van der Waals surface area contributed by atoms with Gasteiger partial charge in [0.25, 0.3) is 0 Å². The summed E-state index contributed by atoms with van der Waals surface area (Å²) in [6.45, 7) is 0. The monoisotopic (exact) mass is 318 g/mol. The molecule has 5 nitrogen and oxygen atoms in total. The van der Waals surface area contributed by atoms with Gasteiger partial charge in [0.15, 0.2) is 0 Å². The van der Waals surface area contributed by atoms with Crippen LogP contribution in [0.5, 0.6) is 0 Å². The SMILES string of the molecule is O=C(CCc1cccc(Cl)c1)Nc1n[nH]c(C(F)(F)F)n1. The smallest absolute Gasteiger partial charge is 0.293 e. The molecule has 0 spiro atoms. The Morgan fingerprint density at radius 1 is 1.38 bits per heavy atom. The second-order valence-corrected chi connectivity index (χ2v) is 4.62. The second kappa shape index (κ2) is 6.13. The molecule has 0 unspecified atom stereocenters. The summed E-state index contributed by atoms with van der Waals surface area (Å²) in [5.74, 6) is -2.14. The molecule has 2 aromatic rings. The van der Waals surface area contributed by atoms with Crippen molar-refractivity contribution in [1.82, 2.24) is 15.2 Å². The Hall–Kier alpha value is -2.09. The molecule has 1 aromatic carbocycles. The Morgan fingerprint density at radius 2 is 2.14 bits per heavy atom. The first kappa shape index (κ1) is 15.3. The number of nitrogens with one attached hydrogen (secondary N) is 2. The van der Waals surface area contributed by atoms with Gasteiger partial charge in [-0.3, -0.25) is 15.2 Å². The minimum Gasteiger partial charge on any atom is -0.293 e. The normalized spacial score (nSPS) is 11.4. The number of H-pyrrole nitrogens is 1. The molecule has 2 N–H and O–H groups in total. The van der Waals surface area contributed by atoms with Crippen molar-refractivity contribution in [2.24, 2.45) is 0 Å². The third-order valence-electron chi connectivity index (χ3n) is 2.53. The maximum absolute atomic E-state index is 12.3. The van der Waals surface area contributed by atoms with Crippen LogP contribution in [0.15, 0.2) is 24.3 Å². The fourth-order valence-corrected chi connectivity index (χ4v) is 1.79. The summed E-state index contributed by atoms with van der Waals surface area (Å²) in [7, 11) is 0. The average Bonchev–Trinajstić information content (AvgIpc) is 2.85. The van der Waals surface area contributed by atoms with Gasteiger partial charge < -0.3 is 0 Å². The van der Waals surface area contributed by atoms with Gasteiger partial charge in [-0.05, 0) is 24.1 Å². The third kappa shape index (κ3) is 4.45. The van der Waals surface area contributed by atoms with Gasteiger partial charge in [0, 0.05) is 11.4 Å². The van der Waals surface area contributed by atoms with E-state index in [-0.39, 0.29) is 6.42 Å². The lowest BCUT2D eigenvalue weighted by Gasteiger charge is -2.02. The number of aromatic amines is 1. The summed E-state index contributed by atoms with van der Waals surface area (Å²) in [5.41, 5.74) is 0.851. The molecule has 0 fully saturated rings. The number of anilines is 1. The predicted molar refractivity (Wildman–Crippen MR) is 69.8 cm³/mol. The van der Waals surface area contributed by atoms with Crippen LogP contribution in [0.4, 0.5) is 19.1 Å². The Morgan fingerprint density at radius 3 is 2.76 bits per heavy atom. The van der Waals surface area contributed by atoms with E-state index in [2.05, 4.69) is 15.4 Å². The molecule has 0 saturated heterocycles. The Labute approximate surface area is 122 Å². The van der Waals surface area contributed by atoms with Crippen molar-refractivity contribution in [3.05, 3.63) is 40.7 Å². The largest absolute Gasteiger partial charge is 0.451 e. The van der Waals surface area contributed by atoms with Crippen molar-refractivity contribution in [3.8, 4) is 0 Å².